The number of carbonyl (C=O) groups is 1. The summed E-state index contributed by atoms with van der Waals surface area (Å²) < 4.78 is 5.53. The molecule has 0 saturated carbocycles. The Morgan fingerprint density at radius 2 is 2.32 bits per heavy atom. The van der Waals surface area contributed by atoms with Crippen LogP contribution < -0.4 is 0 Å². The van der Waals surface area contributed by atoms with E-state index in [0.29, 0.717) is 26.2 Å². The van der Waals surface area contributed by atoms with Crippen LogP contribution in [0.3, 0.4) is 0 Å². The van der Waals surface area contributed by atoms with Crippen LogP contribution in [0, 0.1) is 18.3 Å². The number of hydrogen-bond acceptors (Lipinski definition) is 5. The molecular weight excluding hydrogens is 336 g/mol. The highest BCUT2D eigenvalue weighted by Crippen LogP contribution is 2.43. The van der Waals surface area contributed by atoms with Gasteiger partial charge < -0.3 is 9.84 Å². The molecule has 25 heavy (non-hydrogen) atoms. The maximum Gasteiger partial charge on any atom is 0.311 e. The van der Waals surface area contributed by atoms with E-state index >= 15 is 0 Å². The Hall–Kier alpha value is -1.76. The molecule has 0 bridgehead atoms. The van der Waals surface area contributed by atoms with Crippen molar-refractivity contribution >= 4 is 17.3 Å². The van der Waals surface area contributed by atoms with E-state index in [1.165, 1.54) is 16.0 Å². The number of benzene rings is 1. The van der Waals surface area contributed by atoms with Crippen LogP contribution in [0.4, 0.5) is 0 Å². The second kappa shape index (κ2) is 6.52. The molecule has 1 aromatic heterocycles. The molecule has 1 aromatic carbocycles. The average molecular weight is 358 g/mol. The number of carboxylic acid groups (broad SMARTS) is 1. The number of nitrogens with zero attached hydrogens (tertiary/aromatic N) is 2. The Morgan fingerprint density at radius 1 is 1.48 bits per heavy atom. The van der Waals surface area contributed by atoms with Crippen LogP contribution in [0.15, 0.2) is 30.5 Å². The number of likely N-dealkylation sites (tertiary alicyclic amines) is 1. The van der Waals surface area contributed by atoms with E-state index in [1.807, 2.05) is 18.3 Å². The summed E-state index contributed by atoms with van der Waals surface area (Å²) in [4.78, 5) is 19.9. The molecule has 6 heteroatoms. The molecule has 132 valence electrons. The summed E-state index contributed by atoms with van der Waals surface area (Å²) >= 11 is 1.70. The summed E-state index contributed by atoms with van der Waals surface area (Å²) in [6.07, 6.45) is 2.54. The quantitative estimate of drug-likeness (QED) is 0.910. The minimum Gasteiger partial charge on any atom is -0.481 e. The third kappa shape index (κ3) is 2.99. The van der Waals surface area contributed by atoms with Gasteiger partial charge in [0.05, 0.1) is 12.0 Å². The summed E-state index contributed by atoms with van der Waals surface area (Å²) in [5, 5.41) is 10.8. The molecule has 3 heterocycles. The summed E-state index contributed by atoms with van der Waals surface area (Å²) in [5.41, 5.74) is 1.75. The first-order valence-corrected chi connectivity index (χ1v) is 9.44. The zero-order valence-corrected chi connectivity index (χ0v) is 15.1. The standard InChI is InChI=1S/C19H22N2O3S/c1-13-4-2-3-5-16(13)17-20-8-15(25-17)10-21-9-14-11-24-7-6-19(14,12-21)18(22)23/h2-5,8,14H,6-7,9-12H2,1H3,(H,22,23)/t14-,19+/m1/s1. The monoisotopic (exact) mass is 358 g/mol. The maximum atomic E-state index is 11.9. The predicted octanol–water partition coefficient (Wildman–Crippen LogP) is 3.04. The van der Waals surface area contributed by atoms with E-state index in [9.17, 15) is 9.90 Å². The minimum atomic E-state index is -0.673. The lowest BCUT2D eigenvalue weighted by Crippen LogP contribution is -2.44. The number of aromatic nitrogens is 1. The Balaban J connectivity index is 1.50. The third-order valence-corrected chi connectivity index (χ3v) is 6.53. The zero-order valence-electron chi connectivity index (χ0n) is 14.3. The van der Waals surface area contributed by atoms with Gasteiger partial charge in [-0.3, -0.25) is 9.69 Å². The smallest absolute Gasteiger partial charge is 0.311 e. The molecule has 2 fully saturated rings. The number of carboxylic acids is 1. The lowest BCUT2D eigenvalue weighted by molar-refractivity contribution is -0.157. The first-order valence-electron chi connectivity index (χ1n) is 8.63. The summed E-state index contributed by atoms with van der Waals surface area (Å²) in [7, 11) is 0. The number of ether oxygens (including phenoxy) is 1. The molecule has 0 unspecified atom stereocenters. The molecular formula is C19H22N2O3S. The van der Waals surface area contributed by atoms with Gasteiger partial charge in [0.25, 0.3) is 0 Å². The van der Waals surface area contributed by atoms with E-state index in [-0.39, 0.29) is 5.92 Å². The molecule has 0 spiro atoms. The van der Waals surface area contributed by atoms with Crippen molar-refractivity contribution in [3.05, 3.63) is 40.9 Å². The van der Waals surface area contributed by atoms with E-state index in [2.05, 4.69) is 28.9 Å². The van der Waals surface area contributed by atoms with Crippen molar-refractivity contribution in [3.8, 4) is 10.6 Å². The number of aliphatic carboxylic acids is 1. The highest BCUT2D eigenvalue weighted by molar-refractivity contribution is 7.15. The highest BCUT2D eigenvalue weighted by atomic mass is 32.1. The number of fused-ring (bicyclic) bond motifs is 1. The van der Waals surface area contributed by atoms with Crippen LogP contribution in [-0.2, 0) is 16.1 Å². The van der Waals surface area contributed by atoms with Crippen LogP contribution in [0.2, 0.25) is 0 Å². The van der Waals surface area contributed by atoms with E-state index in [0.717, 1.165) is 18.1 Å². The van der Waals surface area contributed by atoms with Gasteiger partial charge in [0.15, 0.2) is 0 Å². The van der Waals surface area contributed by atoms with Gasteiger partial charge in [0.1, 0.15) is 5.01 Å². The topological polar surface area (TPSA) is 62.7 Å². The van der Waals surface area contributed by atoms with E-state index < -0.39 is 11.4 Å². The molecule has 2 aromatic rings. The van der Waals surface area contributed by atoms with Crippen molar-refractivity contribution in [1.29, 1.82) is 0 Å². The predicted molar refractivity (Wildman–Crippen MR) is 96.6 cm³/mol. The molecule has 2 aliphatic heterocycles. The van der Waals surface area contributed by atoms with Crippen molar-refractivity contribution in [2.24, 2.45) is 11.3 Å². The maximum absolute atomic E-state index is 11.9. The SMILES string of the molecule is Cc1ccccc1-c1ncc(CN2C[C@@H]3COCC[C@]3(C(=O)O)C2)s1. The van der Waals surface area contributed by atoms with Crippen molar-refractivity contribution in [1.82, 2.24) is 9.88 Å². The molecule has 4 rings (SSSR count). The second-order valence-electron chi connectivity index (χ2n) is 7.10. The van der Waals surface area contributed by atoms with Crippen LogP contribution in [-0.4, -0.2) is 47.3 Å². The fourth-order valence-electron chi connectivity index (χ4n) is 4.06. The fraction of sp³-hybridized carbons (Fsp3) is 0.474. The van der Waals surface area contributed by atoms with Gasteiger partial charge in [0, 0.05) is 48.8 Å². The zero-order chi connectivity index (χ0) is 17.4. The molecule has 0 aliphatic carbocycles. The molecule has 5 nitrogen and oxygen atoms in total. The third-order valence-electron chi connectivity index (χ3n) is 5.51. The highest BCUT2D eigenvalue weighted by Gasteiger charge is 2.53. The van der Waals surface area contributed by atoms with Crippen LogP contribution in [0.1, 0.15) is 16.9 Å². The van der Waals surface area contributed by atoms with Crippen LogP contribution >= 0.6 is 11.3 Å². The second-order valence-corrected chi connectivity index (χ2v) is 8.21. The number of hydrogen-bond donors (Lipinski definition) is 1. The van der Waals surface area contributed by atoms with Crippen LogP contribution in [0.5, 0.6) is 0 Å². The number of rotatable bonds is 4. The lowest BCUT2D eigenvalue weighted by atomic mass is 9.74. The van der Waals surface area contributed by atoms with Gasteiger partial charge in [-0.25, -0.2) is 4.98 Å². The molecule has 2 saturated heterocycles. The van der Waals surface area contributed by atoms with Gasteiger partial charge in [0.2, 0.25) is 0 Å². The summed E-state index contributed by atoms with van der Waals surface area (Å²) in [5.74, 6) is -0.587. The largest absolute Gasteiger partial charge is 0.481 e. The fourth-order valence-corrected chi connectivity index (χ4v) is 5.11. The molecule has 0 amide bonds. The molecule has 2 aliphatic rings. The van der Waals surface area contributed by atoms with Gasteiger partial charge in [-0.1, -0.05) is 24.3 Å². The van der Waals surface area contributed by atoms with Gasteiger partial charge in [-0.05, 0) is 18.9 Å². The minimum absolute atomic E-state index is 0.0857. The molecule has 2 atom stereocenters. The van der Waals surface area contributed by atoms with Crippen LogP contribution in [0.25, 0.3) is 10.6 Å². The number of thiazole rings is 1. The van der Waals surface area contributed by atoms with E-state index in [1.54, 1.807) is 11.3 Å². The Bertz CT molecular complexity index is 790. The van der Waals surface area contributed by atoms with Crippen molar-refractivity contribution in [2.75, 3.05) is 26.3 Å². The van der Waals surface area contributed by atoms with Crippen molar-refractivity contribution in [3.63, 3.8) is 0 Å². The van der Waals surface area contributed by atoms with E-state index in [4.69, 9.17) is 4.74 Å². The molecule has 1 N–H and O–H groups in total. The van der Waals surface area contributed by atoms with Gasteiger partial charge >= 0.3 is 5.97 Å². The summed E-state index contributed by atoms with van der Waals surface area (Å²) in [6.45, 7) is 5.35. The van der Waals surface area contributed by atoms with Crippen molar-refractivity contribution in [2.45, 2.75) is 19.9 Å². The normalized spacial score (nSPS) is 26.5. The molecule has 0 radical (unpaired) electrons. The summed E-state index contributed by atoms with van der Waals surface area (Å²) in [6, 6.07) is 8.26. The number of aryl methyl sites for hydroxylation is 1. The first-order chi connectivity index (χ1) is 12.1. The lowest BCUT2D eigenvalue weighted by Gasteiger charge is -2.34. The average Bonchev–Trinajstić information content (AvgIpc) is 3.20. The van der Waals surface area contributed by atoms with Gasteiger partial charge in [-0.2, -0.15) is 0 Å². The van der Waals surface area contributed by atoms with Crippen molar-refractivity contribution < 1.29 is 14.6 Å². The van der Waals surface area contributed by atoms with Gasteiger partial charge in [-0.15, -0.1) is 11.3 Å². The Morgan fingerprint density at radius 3 is 3.08 bits per heavy atom. The Kier molecular flexibility index (Phi) is 4.35. The first kappa shape index (κ1) is 16.7. The Labute approximate surface area is 151 Å².